The Morgan fingerprint density at radius 1 is 1.34 bits per heavy atom. The average molecular weight is 406 g/mol. The van der Waals surface area contributed by atoms with E-state index in [1.54, 1.807) is 13.1 Å². The molecule has 0 saturated heterocycles. The van der Waals surface area contributed by atoms with Crippen molar-refractivity contribution in [3.63, 3.8) is 0 Å². The van der Waals surface area contributed by atoms with Gasteiger partial charge in [0.05, 0.1) is 16.3 Å². The molecule has 0 saturated carbocycles. The molecular formula is C18H14N8O2S. The fourth-order valence-electron chi connectivity index (χ4n) is 2.89. The zero-order chi connectivity index (χ0) is 20.7. The van der Waals surface area contributed by atoms with E-state index >= 15 is 0 Å². The van der Waals surface area contributed by atoms with Crippen molar-refractivity contribution in [3.8, 4) is 17.3 Å². The summed E-state index contributed by atoms with van der Waals surface area (Å²) >= 11 is 1.04. The molecular weight excluding hydrogens is 392 g/mol. The predicted octanol–water partition coefficient (Wildman–Crippen LogP) is 0.954. The van der Waals surface area contributed by atoms with E-state index in [1.807, 2.05) is 19.1 Å². The van der Waals surface area contributed by atoms with Gasteiger partial charge in [-0.3, -0.25) is 9.51 Å². The van der Waals surface area contributed by atoms with Crippen LogP contribution in [0.25, 0.3) is 21.5 Å². The van der Waals surface area contributed by atoms with Crippen LogP contribution in [0.15, 0.2) is 33.9 Å². The Bertz CT molecular complexity index is 1330. The molecule has 4 N–H and O–H groups in total. The van der Waals surface area contributed by atoms with Crippen LogP contribution in [0.2, 0.25) is 0 Å². The molecule has 0 bridgehead atoms. The van der Waals surface area contributed by atoms with E-state index in [0.29, 0.717) is 21.5 Å². The number of nitrogen functional groups attached to an aromatic ring is 2. The maximum Gasteiger partial charge on any atom is 0.320 e. The number of hydrogen-bond donors (Lipinski definition) is 2. The largest absolute Gasteiger partial charge is 0.857 e. The summed E-state index contributed by atoms with van der Waals surface area (Å²) in [5, 5.41) is 26.4. The average Bonchev–Trinajstić information content (AvgIpc) is 3.23. The number of rotatable bonds is 3. The van der Waals surface area contributed by atoms with Crippen molar-refractivity contribution in [3.05, 3.63) is 40.5 Å². The lowest BCUT2D eigenvalue weighted by atomic mass is 10.0. The summed E-state index contributed by atoms with van der Waals surface area (Å²) in [6.45, 7) is 1.83. The van der Waals surface area contributed by atoms with Crippen molar-refractivity contribution in [2.75, 3.05) is 11.5 Å². The molecule has 0 atom stereocenters. The first-order valence-electron chi connectivity index (χ1n) is 8.33. The van der Waals surface area contributed by atoms with Crippen molar-refractivity contribution in [1.82, 2.24) is 15.2 Å². The highest BCUT2D eigenvalue weighted by molar-refractivity contribution is 7.21. The third-order valence-corrected chi connectivity index (χ3v) is 5.21. The zero-order valence-corrected chi connectivity index (χ0v) is 16.2. The Kier molecular flexibility index (Phi) is 4.33. The number of pyridine rings is 2. The highest BCUT2D eigenvalue weighted by Crippen LogP contribution is 2.42. The van der Waals surface area contributed by atoms with Crippen LogP contribution in [0.5, 0.6) is 0 Å². The number of aromatic nitrogens is 4. The van der Waals surface area contributed by atoms with Crippen molar-refractivity contribution in [1.29, 1.82) is 5.26 Å². The first-order chi connectivity index (χ1) is 13.9. The van der Waals surface area contributed by atoms with Crippen molar-refractivity contribution in [2.45, 2.75) is 6.92 Å². The van der Waals surface area contributed by atoms with Gasteiger partial charge in [-0.25, -0.2) is 9.98 Å². The molecule has 10 nitrogen and oxygen atoms in total. The van der Waals surface area contributed by atoms with Crippen LogP contribution in [-0.2, 0) is 7.05 Å². The fraction of sp³-hybridized carbons (Fsp3) is 0.111. The predicted molar refractivity (Wildman–Crippen MR) is 105 cm³/mol. The number of nitriles is 1. The monoisotopic (exact) mass is 406 g/mol. The lowest BCUT2D eigenvalue weighted by Crippen LogP contribution is -2.27. The summed E-state index contributed by atoms with van der Waals surface area (Å²) in [6.07, 6.45) is 1.45. The van der Waals surface area contributed by atoms with E-state index in [4.69, 9.17) is 16.0 Å². The summed E-state index contributed by atoms with van der Waals surface area (Å²) < 4.78 is 6.31. The van der Waals surface area contributed by atoms with Crippen LogP contribution >= 0.6 is 11.3 Å². The van der Waals surface area contributed by atoms with Crippen molar-refractivity contribution in [2.24, 2.45) is 12.0 Å². The van der Waals surface area contributed by atoms with Crippen LogP contribution in [0, 0.1) is 18.3 Å². The highest BCUT2D eigenvalue weighted by atomic mass is 32.1. The summed E-state index contributed by atoms with van der Waals surface area (Å²) in [4.78, 5) is 13.2. The van der Waals surface area contributed by atoms with Gasteiger partial charge in [0.15, 0.2) is 12.3 Å². The van der Waals surface area contributed by atoms with E-state index in [2.05, 4.69) is 26.3 Å². The van der Waals surface area contributed by atoms with E-state index in [-0.39, 0.29) is 27.8 Å². The van der Waals surface area contributed by atoms with Crippen molar-refractivity contribution >= 4 is 44.8 Å². The maximum absolute atomic E-state index is 12.7. The van der Waals surface area contributed by atoms with Gasteiger partial charge in [0.2, 0.25) is 0 Å². The molecule has 0 radical (unpaired) electrons. The van der Waals surface area contributed by atoms with E-state index in [1.165, 1.54) is 10.9 Å². The molecule has 0 aliphatic heterocycles. The number of anilines is 2. The molecule has 0 aliphatic carbocycles. The number of nitrogens with zero attached hydrogens (tertiary/aromatic N) is 6. The Labute approximate surface area is 168 Å². The highest BCUT2D eigenvalue weighted by Gasteiger charge is 2.22. The molecule has 0 unspecified atom stereocenters. The molecule has 4 heterocycles. The number of fused-ring (bicyclic) bond motifs is 1. The number of aryl methyl sites for hydroxylation is 2. The Balaban J connectivity index is 2.00. The second-order valence-corrected chi connectivity index (χ2v) is 7.18. The van der Waals surface area contributed by atoms with Gasteiger partial charge in [0.25, 0.3) is 6.20 Å². The molecule has 144 valence electrons. The summed E-state index contributed by atoms with van der Waals surface area (Å²) in [5.74, 6) is -0.527. The molecule has 11 heteroatoms. The van der Waals surface area contributed by atoms with Gasteiger partial charge in [0, 0.05) is 22.5 Å². The molecule has 0 spiro atoms. The number of nitrogens with two attached hydrogens (primary N) is 2. The van der Waals surface area contributed by atoms with Crippen LogP contribution in [-0.4, -0.2) is 21.1 Å². The fourth-order valence-corrected chi connectivity index (χ4v) is 3.89. The smallest absolute Gasteiger partial charge is 0.320 e. The Morgan fingerprint density at radius 2 is 2.14 bits per heavy atom. The van der Waals surface area contributed by atoms with E-state index < -0.39 is 5.90 Å². The molecule has 29 heavy (non-hydrogen) atoms. The van der Waals surface area contributed by atoms with Gasteiger partial charge in [-0.1, -0.05) is 10.7 Å². The number of hydrogen-bond acceptors (Lipinski definition) is 10. The molecule has 0 aromatic carbocycles. The second kappa shape index (κ2) is 6.84. The van der Waals surface area contributed by atoms with Gasteiger partial charge in [-0.15, -0.1) is 11.3 Å². The van der Waals surface area contributed by atoms with Crippen LogP contribution in [0.1, 0.15) is 16.1 Å². The molecule has 0 fully saturated rings. The zero-order valence-electron chi connectivity index (χ0n) is 15.4. The number of aliphatic imine (C=N–C) groups is 1. The molecule has 4 aromatic heterocycles. The van der Waals surface area contributed by atoms with Gasteiger partial charge >= 0.3 is 5.88 Å². The SMILES string of the molecule is Cc1cccc(-c2c(C#N)c(N)nc3sc(/C([O-])=N/c4c[n+](C)no4)c(N)c23)n1. The van der Waals surface area contributed by atoms with Gasteiger partial charge in [0.1, 0.15) is 22.3 Å². The maximum atomic E-state index is 12.7. The number of thiophene rings is 1. The molecule has 4 rings (SSSR count). The third kappa shape index (κ3) is 3.11. The van der Waals surface area contributed by atoms with Crippen molar-refractivity contribution < 1.29 is 14.3 Å². The van der Waals surface area contributed by atoms with E-state index in [9.17, 15) is 10.4 Å². The minimum atomic E-state index is -0.609. The topological polar surface area (TPSA) is 167 Å². The Hall–Kier alpha value is -4.04. The lowest BCUT2D eigenvalue weighted by Gasteiger charge is -2.10. The standard InChI is InChI=1S/C18H14N8O2S/c1-8-4-3-5-10(22-8)12-9(6-19)16(21)24-18-13(12)14(20)15(29-18)17(27)23-11-7-26(2)25-28-11/h3-5,7H,1-2H3,(H4-,20,21,23,24,25,27). The van der Waals surface area contributed by atoms with Gasteiger partial charge in [-0.2, -0.15) is 5.26 Å². The normalized spacial score (nSPS) is 11.7. The first-order valence-corrected chi connectivity index (χ1v) is 9.15. The second-order valence-electron chi connectivity index (χ2n) is 6.18. The van der Waals surface area contributed by atoms with Crippen LogP contribution in [0.3, 0.4) is 0 Å². The minimum absolute atomic E-state index is 0.0396. The quantitative estimate of drug-likeness (QED) is 0.288. The Morgan fingerprint density at radius 3 is 2.79 bits per heavy atom. The van der Waals surface area contributed by atoms with Crippen LogP contribution in [0.4, 0.5) is 17.4 Å². The van der Waals surface area contributed by atoms with E-state index in [0.717, 1.165) is 17.0 Å². The molecule has 4 aromatic rings. The third-order valence-electron chi connectivity index (χ3n) is 4.13. The van der Waals surface area contributed by atoms with Gasteiger partial charge in [-0.05, 0) is 19.1 Å². The van der Waals surface area contributed by atoms with Gasteiger partial charge < -0.3 is 16.6 Å². The first kappa shape index (κ1) is 18.3. The molecule has 0 aliphatic rings. The minimum Gasteiger partial charge on any atom is -0.857 e. The molecule has 0 amide bonds. The summed E-state index contributed by atoms with van der Waals surface area (Å²) in [5.41, 5.74) is 14.3. The lowest BCUT2D eigenvalue weighted by molar-refractivity contribution is -0.739. The van der Waals surface area contributed by atoms with Crippen LogP contribution < -0.4 is 21.3 Å². The summed E-state index contributed by atoms with van der Waals surface area (Å²) in [6, 6.07) is 7.47. The summed E-state index contributed by atoms with van der Waals surface area (Å²) in [7, 11) is 1.64.